The van der Waals surface area contributed by atoms with Crippen molar-refractivity contribution < 1.29 is 9.32 Å². The van der Waals surface area contributed by atoms with Crippen molar-refractivity contribution in [2.45, 2.75) is 52.0 Å². The number of carbonyl (C=O) groups is 1. The Morgan fingerprint density at radius 3 is 2.93 bits per heavy atom. The zero-order chi connectivity index (χ0) is 18.9. The van der Waals surface area contributed by atoms with E-state index < -0.39 is 0 Å². The van der Waals surface area contributed by atoms with Crippen LogP contribution in [0.5, 0.6) is 0 Å². The van der Waals surface area contributed by atoms with E-state index in [4.69, 9.17) is 4.52 Å². The molecule has 2 aliphatic rings. The minimum Gasteiger partial charge on any atom is -0.338 e. The van der Waals surface area contributed by atoms with Gasteiger partial charge < -0.3 is 14.3 Å². The SMILES string of the molecule is CC(C)c1nc(N2CCCC3(CCC(=O)N(Cc4cccnc4)C3)C2)no1. The van der Waals surface area contributed by atoms with Crippen molar-refractivity contribution in [1.29, 1.82) is 0 Å². The number of pyridine rings is 1. The maximum atomic E-state index is 12.5. The van der Waals surface area contributed by atoms with Crippen molar-refractivity contribution in [1.82, 2.24) is 20.0 Å². The molecule has 2 saturated heterocycles. The van der Waals surface area contributed by atoms with E-state index in [9.17, 15) is 4.79 Å². The first-order valence-electron chi connectivity index (χ1n) is 9.80. The lowest BCUT2D eigenvalue weighted by molar-refractivity contribution is -0.138. The Hall–Kier alpha value is -2.44. The summed E-state index contributed by atoms with van der Waals surface area (Å²) < 4.78 is 5.40. The zero-order valence-corrected chi connectivity index (χ0v) is 16.1. The highest BCUT2D eigenvalue weighted by Crippen LogP contribution is 2.40. The number of carbonyl (C=O) groups excluding carboxylic acids is 1. The number of rotatable bonds is 4. The summed E-state index contributed by atoms with van der Waals surface area (Å²) >= 11 is 0. The first-order chi connectivity index (χ1) is 13.0. The van der Waals surface area contributed by atoms with Crippen LogP contribution in [0, 0.1) is 5.41 Å². The average Bonchev–Trinajstić information content (AvgIpc) is 3.17. The van der Waals surface area contributed by atoms with Gasteiger partial charge in [-0.2, -0.15) is 4.98 Å². The summed E-state index contributed by atoms with van der Waals surface area (Å²) in [5.41, 5.74) is 1.18. The Kier molecular flexibility index (Phi) is 4.85. The Morgan fingerprint density at radius 2 is 2.19 bits per heavy atom. The molecule has 0 radical (unpaired) electrons. The molecule has 1 unspecified atom stereocenters. The van der Waals surface area contributed by atoms with Crippen LogP contribution in [-0.2, 0) is 11.3 Å². The Labute approximate surface area is 159 Å². The van der Waals surface area contributed by atoms with Crippen molar-refractivity contribution in [2.75, 3.05) is 24.5 Å². The summed E-state index contributed by atoms with van der Waals surface area (Å²) in [4.78, 5) is 25.5. The Bertz CT molecular complexity index is 791. The molecule has 7 nitrogen and oxygen atoms in total. The summed E-state index contributed by atoms with van der Waals surface area (Å²) in [6, 6.07) is 3.95. The number of nitrogens with zero attached hydrogens (tertiary/aromatic N) is 5. The van der Waals surface area contributed by atoms with Crippen molar-refractivity contribution in [2.24, 2.45) is 5.41 Å². The van der Waals surface area contributed by atoms with Gasteiger partial charge in [0.2, 0.25) is 11.8 Å². The van der Waals surface area contributed by atoms with Gasteiger partial charge in [-0.25, -0.2) is 0 Å². The van der Waals surface area contributed by atoms with Gasteiger partial charge in [-0.3, -0.25) is 9.78 Å². The van der Waals surface area contributed by atoms with Crippen LogP contribution in [0.3, 0.4) is 0 Å². The van der Waals surface area contributed by atoms with Crippen LogP contribution in [0.25, 0.3) is 0 Å². The second-order valence-electron chi connectivity index (χ2n) is 8.22. The maximum absolute atomic E-state index is 12.5. The standard InChI is InChI=1S/C20H27N5O2/c1-15(2)18-22-19(23-27-18)24-10-4-7-20(13-24)8-6-17(26)25(14-20)12-16-5-3-9-21-11-16/h3,5,9,11,15H,4,6-8,10,12-14H2,1-2H3. The maximum Gasteiger partial charge on any atom is 0.266 e. The monoisotopic (exact) mass is 369 g/mol. The predicted octanol–water partition coefficient (Wildman–Crippen LogP) is 3.00. The van der Waals surface area contributed by atoms with Crippen LogP contribution in [-0.4, -0.2) is 45.6 Å². The van der Waals surface area contributed by atoms with Gasteiger partial charge >= 0.3 is 0 Å². The smallest absolute Gasteiger partial charge is 0.266 e. The molecule has 2 fully saturated rings. The van der Waals surface area contributed by atoms with E-state index in [1.165, 1.54) is 0 Å². The second kappa shape index (κ2) is 7.29. The lowest BCUT2D eigenvalue weighted by Gasteiger charge is -2.48. The lowest BCUT2D eigenvalue weighted by Crippen LogP contribution is -2.54. The molecule has 2 aromatic rings. The molecule has 2 aliphatic heterocycles. The highest BCUT2D eigenvalue weighted by molar-refractivity contribution is 5.77. The first kappa shape index (κ1) is 17.9. The molecule has 1 amide bonds. The fourth-order valence-electron chi connectivity index (χ4n) is 4.26. The first-order valence-corrected chi connectivity index (χ1v) is 9.80. The highest BCUT2D eigenvalue weighted by atomic mass is 16.5. The van der Waals surface area contributed by atoms with Gasteiger partial charge in [0.05, 0.1) is 0 Å². The van der Waals surface area contributed by atoms with Gasteiger partial charge in [0.15, 0.2) is 0 Å². The van der Waals surface area contributed by atoms with E-state index in [-0.39, 0.29) is 17.2 Å². The summed E-state index contributed by atoms with van der Waals surface area (Å²) in [5, 5.41) is 4.19. The van der Waals surface area contributed by atoms with Crippen LogP contribution in [0.15, 0.2) is 29.0 Å². The van der Waals surface area contributed by atoms with E-state index in [1.54, 1.807) is 6.20 Å². The molecular formula is C20H27N5O2. The fourth-order valence-corrected chi connectivity index (χ4v) is 4.26. The number of hydrogen-bond acceptors (Lipinski definition) is 6. The minimum atomic E-state index is 0.104. The van der Waals surface area contributed by atoms with Crippen LogP contribution in [0.4, 0.5) is 5.95 Å². The van der Waals surface area contributed by atoms with Crippen LogP contribution in [0.2, 0.25) is 0 Å². The van der Waals surface area contributed by atoms with Crippen molar-refractivity contribution in [3.05, 3.63) is 36.0 Å². The van der Waals surface area contributed by atoms with Crippen molar-refractivity contribution in [3.63, 3.8) is 0 Å². The number of aromatic nitrogens is 3. The molecule has 0 aliphatic carbocycles. The summed E-state index contributed by atoms with van der Waals surface area (Å²) in [6.07, 6.45) is 7.36. The fraction of sp³-hybridized carbons (Fsp3) is 0.600. The van der Waals surface area contributed by atoms with Gasteiger partial charge in [-0.1, -0.05) is 19.9 Å². The Balaban J connectivity index is 1.48. The van der Waals surface area contributed by atoms with Gasteiger partial charge in [-0.05, 0) is 36.0 Å². The number of anilines is 1. The second-order valence-corrected chi connectivity index (χ2v) is 8.22. The molecule has 7 heteroatoms. The normalized spacial score (nSPS) is 23.4. The molecule has 2 aromatic heterocycles. The van der Waals surface area contributed by atoms with Crippen LogP contribution < -0.4 is 4.90 Å². The third-order valence-electron chi connectivity index (χ3n) is 5.71. The van der Waals surface area contributed by atoms with E-state index in [0.717, 1.165) is 44.5 Å². The average molecular weight is 369 g/mol. The number of amides is 1. The highest BCUT2D eigenvalue weighted by Gasteiger charge is 2.42. The van der Waals surface area contributed by atoms with Crippen LogP contribution in [0.1, 0.15) is 56.9 Å². The lowest BCUT2D eigenvalue weighted by atomic mass is 9.73. The van der Waals surface area contributed by atoms with Gasteiger partial charge in [0.25, 0.3) is 5.95 Å². The molecule has 0 aromatic carbocycles. The number of hydrogen-bond donors (Lipinski definition) is 0. The summed E-state index contributed by atoms with van der Waals surface area (Å²) in [5.74, 6) is 1.84. The zero-order valence-electron chi connectivity index (χ0n) is 16.1. The molecule has 1 atom stereocenters. The van der Waals surface area contributed by atoms with E-state index >= 15 is 0 Å². The topological polar surface area (TPSA) is 75.4 Å². The molecule has 4 heterocycles. The van der Waals surface area contributed by atoms with E-state index in [1.807, 2.05) is 23.2 Å². The molecule has 1 spiro atoms. The largest absolute Gasteiger partial charge is 0.338 e. The molecule has 0 N–H and O–H groups in total. The minimum absolute atomic E-state index is 0.104. The van der Waals surface area contributed by atoms with Crippen molar-refractivity contribution in [3.8, 4) is 0 Å². The molecule has 4 rings (SSSR count). The quantitative estimate of drug-likeness (QED) is 0.825. The van der Waals surface area contributed by atoms with E-state index in [2.05, 4.69) is 33.9 Å². The third-order valence-corrected chi connectivity index (χ3v) is 5.71. The van der Waals surface area contributed by atoms with Crippen molar-refractivity contribution >= 4 is 11.9 Å². The molecule has 0 bridgehead atoms. The molecule has 0 saturated carbocycles. The van der Waals surface area contributed by atoms with Gasteiger partial charge in [0, 0.05) is 56.3 Å². The molecular weight excluding hydrogens is 342 g/mol. The van der Waals surface area contributed by atoms with E-state index in [0.29, 0.717) is 24.8 Å². The van der Waals surface area contributed by atoms with Gasteiger partial charge in [0.1, 0.15) is 0 Å². The number of piperidine rings is 2. The van der Waals surface area contributed by atoms with Crippen LogP contribution >= 0.6 is 0 Å². The molecule has 144 valence electrons. The van der Waals surface area contributed by atoms with Gasteiger partial charge in [-0.15, -0.1) is 0 Å². The predicted molar refractivity (Wildman–Crippen MR) is 101 cm³/mol. The summed E-state index contributed by atoms with van der Waals surface area (Å²) in [7, 11) is 0. The third kappa shape index (κ3) is 3.82. The molecule has 27 heavy (non-hydrogen) atoms. The Morgan fingerprint density at radius 1 is 1.30 bits per heavy atom. The number of likely N-dealkylation sites (tertiary alicyclic amines) is 1. The summed E-state index contributed by atoms with van der Waals surface area (Å²) in [6.45, 7) is 7.34.